The Morgan fingerprint density at radius 3 is 2.32 bits per heavy atom. The van der Waals surface area contributed by atoms with Gasteiger partial charge >= 0.3 is 0 Å². The van der Waals surface area contributed by atoms with Crippen LogP contribution in [0.3, 0.4) is 0 Å². The molecule has 2 amide bonds. The molecule has 0 bridgehead atoms. The lowest BCUT2D eigenvalue weighted by Crippen LogP contribution is -2.53. The number of rotatable bonds is 12. The number of halogens is 1. The van der Waals surface area contributed by atoms with E-state index in [2.05, 4.69) is 5.32 Å². The van der Waals surface area contributed by atoms with Crippen molar-refractivity contribution in [1.29, 1.82) is 0 Å². The molecule has 2 aromatic carbocycles. The van der Waals surface area contributed by atoms with Crippen LogP contribution in [0.4, 0.5) is 5.69 Å². The van der Waals surface area contributed by atoms with E-state index in [-0.39, 0.29) is 12.5 Å². The van der Waals surface area contributed by atoms with Gasteiger partial charge in [-0.3, -0.25) is 13.9 Å². The zero-order valence-electron chi connectivity index (χ0n) is 20.3. The highest BCUT2D eigenvalue weighted by Gasteiger charge is 2.31. The minimum Gasteiger partial charge on any atom is -0.354 e. The van der Waals surface area contributed by atoms with Gasteiger partial charge in [-0.05, 0) is 49.4 Å². The van der Waals surface area contributed by atoms with E-state index in [1.807, 2.05) is 44.2 Å². The number of hydrogen-bond donors (Lipinski definition) is 1. The first-order valence-electron chi connectivity index (χ1n) is 11.4. The predicted octanol–water partition coefficient (Wildman–Crippen LogP) is 3.79. The maximum absolute atomic E-state index is 13.6. The topological polar surface area (TPSA) is 86.8 Å². The largest absolute Gasteiger partial charge is 0.354 e. The summed E-state index contributed by atoms with van der Waals surface area (Å²) in [4.78, 5) is 28.0. The van der Waals surface area contributed by atoms with Crippen molar-refractivity contribution in [3.8, 4) is 0 Å². The summed E-state index contributed by atoms with van der Waals surface area (Å²) in [5.41, 5.74) is 1.93. The van der Waals surface area contributed by atoms with E-state index in [0.29, 0.717) is 35.7 Å². The second-order valence-electron chi connectivity index (χ2n) is 8.19. The van der Waals surface area contributed by atoms with Crippen LogP contribution in [-0.2, 0) is 26.0 Å². The Labute approximate surface area is 208 Å². The Hall–Kier alpha value is -2.58. The van der Waals surface area contributed by atoms with Gasteiger partial charge in [-0.1, -0.05) is 61.8 Å². The average Bonchev–Trinajstić information content (AvgIpc) is 2.80. The van der Waals surface area contributed by atoms with Crippen LogP contribution in [0, 0.1) is 6.92 Å². The third kappa shape index (κ3) is 7.46. The second-order valence-corrected chi connectivity index (χ2v) is 10.5. The van der Waals surface area contributed by atoms with Crippen molar-refractivity contribution in [2.45, 2.75) is 46.1 Å². The molecule has 2 aromatic rings. The van der Waals surface area contributed by atoms with Gasteiger partial charge in [-0.2, -0.15) is 0 Å². The zero-order valence-corrected chi connectivity index (χ0v) is 21.8. The minimum absolute atomic E-state index is 0.240. The molecule has 7 nitrogen and oxygen atoms in total. The average molecular weight is 508 g/mol. The lowest BCUT2D eigenvalue weighted by atomic mass is 10.1. The molecule has 1 N–H and O–H groups in total. The van der Waals surface area contributed by atoms with Gasteiger partial charge in [-0.25, -0.2) is 8.42 Å². The third-order valence-electron chi connectivity index (χ3n) is 5.61. The molecule has 0 aliphatic rings. The molecule has 1 atom stereocenters. The Bertz CT molecular complexity index is 1080. The van der Waals surface area contributed by atoms with Crippen LogP contribution in [0.25, 0.3) is 0 Å². The Kier molecular flexibility index (Phi) is 10.4. The number of carbonyl (C=O) groups excluding carboxylic acids is 2. The Morgan fingerprint density at radius 2 is 1.74 bits per heavy atom. The summed E-state index contributed by atoms with van der Waals surface area (Å²) in [7, 11) is -3.79. The van der Waals surface area contributed by atoms with E-state index in [9.17, 15) is 18.0 Å². The van der Waals surface area contributed by atoms with Crippen molar-refractivity contribution in [3.05, 3.63) is 64.7 Å². The predicted molar refractivity (Wildman–Crippen MR) is 138 cm³/mol. The lowest BCUT2D eigenvalue weighted by Gasteiger charge is -2.33. The highest BCUT2D eigenvalue weighted by Crippen LogP contribution is 2.28. The first-order chi connectivity index (χ1) is 16.1. The summed E-state index contributed by atoms with van der Waals surface area (Å²) in [6.07, 6.45) is 2.78. The molecule has 1 unspecified atom stereocenters. The molecular weight excluding hydrogens is 474 g/mol. The summed E-state index contributed by atoms with van der Waals surface area (Å²) in [6.45, 7) is 5.87. The molecule has 34 heavy (non-hydrogen) atoms. The summed E-state index contributed by atoms with van der Waals surface area (Å²) >= 11 is 6.22. The van der Waals surface area contributed by atoms with Gasteiger partial charge in [0, 0.05) is 18.1 Å². The molecule has 0 saturated heterocycles. The van der Waals surface area contributed by atoms with E-state index in [4.69, 9.17) is 11.6 Å². The first kappa shape index (κ1) is 27.7. The number of nitrogens with one attached hydrogen (secondary N) is 1. The quantitative estimate of drug-likeness (QED) is 0.473. The number of hydrogen-bond acceptors (Lipinski definition) is 4. The number of amides is 2. The monoisotopic (exact) mass is 507 g/mol. The second kappa shape index (κ2) is 12.8. The maximum atomic E-state index is 13.6. The van der Waals surface area contributed by atoms with Gasteiger partial charge in [0.25, 0.3) is 0 Å². The molecule has 186 valence electrons. The van der Waals surface area contributed by atoms with Gasteiger partial charge < -0.3 is 10.2 Å². The molecule has 0 fully saturated rings. The number of carbonyl (C=O) groups is 2. The smallest absolute Gasteiger partial charge is 0.244 e. The molecule has 0 aliphatic carbocycles. The maximum Gasteiger partial charge on any atom is 0.244 e. The number of anilines is 1. The molecule has 0 spiro atoms. The van der Waals surface area contributed by atoms with Crippen LogP contribution in [0.5, 0.6) is 0 Å². The fraction of sp³-hybridized carbons (Fsp3) is 0.440. The van der Waals surface area contributed by atoms with Crippen molar-refractivity contribution in [2.75, 3.05) is 30.2 Å². The Morgan fingerprint density at radius 1 is 1.06 bits per heavy atom. The van der Waals surface area contributed by atoms with Crippen LogP contribution in [0.2, 0.25) is 5.02 Å². The van der Waals surface area contributed by atoms with E-state index in [1.54, 1.807) is 25.1 Å². The fourth-order valence-electron chi connectivity index (χ4n) is 3.72. The highest BCUT2D eigenvalue weighted by molar-refractivity contribution is 7.92. The van der Waals surface area contributed by atoms with Gasteiger partial charge in [0.15, 0.2) is 0 Å². The van der Waals surface area contributed by atoms with Crippen molar-refractivity contribution in [1.82, 2.24) is 10.2 Å². The van der Waals surface area contributed by atoms with Crippen LogP contribution in [-0.4, -0.2) is 57.1 Å². The van der Waals surface area contributed by atoms with Crippen LogP contribution >= 0.6 is 11.6 Å². The summed E-state index contributed by atoms with van der Waals surface area (Å²) in [5.74, 6) is -0.685. The van der Waals surface area contributed by atoms with Gasteiger partial charge in [0.1, 0.15) is 12.6 Å². The fourth-order valence-corrected chi connectivity index (χ4v) is 4.79. The van der Waals surface area contributed by atoms with Gasteiger partial charge in [0.05, 0.1) is 11.9 Å². The molecule has 9 heteroatoms. The number of nitrogens with zero attached hydrogens (tertiary/aromatic N) is 2. The summed E-state index contributed by atoms with van der Waals surface area (Å²) in [6, 6.07) is 13.9. The number of sulfonamides is 1. The van der Waals surface area contributed by atoms with E-state index < -0.39 is 28.5 Å². The first-order valence-corrected chi connectivity index (χ1v) is 13.7. The van der Waals surface area contributed by atoms with E-state index >= 15 is 0 Å². The van der Waals surface area contributed by atoms with Crippen LogP contribution in [0.1, 0.15) is 37.8 Å². The molecule has 0 radical (unpaired) electrons. The normalized spacial score (nSPS) is 12.1. The van der Waals surface area contributed by atoms with Gasteiger partial charge in [0.2, 0.25) is 21.8 Å². The molecule has 2 rings (SSSR count). The molecule has 0 aliphatic heterocycles. The minimum atomic E-state index is -3.79. The van der Waals surface area contributed by atoms with Crippen molar-refractivity contribution >= 4 is 39.1 Å². The summed E-state index contributed by atoms with van der Waals surface area (Å²) in [5, 5.41) is 3.27. The van der Waals surface area contributed by atoms with Crippen LogP contribution < -0.4 is 9.62 Å². The van der Waals surface area contributed by atoms with E-state index in [0.717, 1.165) is 22.5 Å². The molecule has 0 saturated carbocycles. The van der Waals surface area contributed by atoms with Crippen molar-refractivity contribution in [2.24, 2.45) is 0 Å². The van der Waals surface area contributed by atoms with E-state index in [1.165, 1.54) is 4.90 Å². The highest BCUT2D eigenvalue weighted by atomic mass is 35.5. The molecule has 0 heterocycles. The lowest BCUT2D eigenvalue weighted by molar-refractivity contribution is -0.139. The third-order valence-corrected chi connectivity index (χ3v) is 7.14. The zero-order chi connectivity index (χ0) is 25.3. The van der Waals surface area contributed by atoms with Crippen molar-refractivity contribution < 1.29 is 18.0 Å². The number of benzene rings is 2. The summed E-state index contributed by atoms with van der Waals surface area (Å²) < 4.78 is 26.4. The van der Waals surface area contributed by atoms with Crippen LogP contribution in [0.15, 0.2) is 48.5 Å². The van der Waals surface area contributed by atoms with Gasteiger partial charge in [-0.15, -0.1) is 0 Å². The Balaban J connectivity index is 2.38. The standard InChI is InChI=1S/C25H34ClN3O4S/c1-5-16-27-25(31)22(6-2)28(17-15-20-11-8-7-9-12-20)24(30)18-29(34(4,32)33)23-14-10-13-21(26)19(23)3/h7-14,22H,5-6,15-18H2,1-4H3,(H,27,31). The molecule has 0 aromatic heterocycles. The SMILES string of the molecule is CCCNC(=O)C(CC)N(CCc1ccccc1)C(=O)CN(c1cccc(Cl)c1C)S(C)(=O)=O. The molecular formula is C25H34ClN3O4S. The van der Waals surface area contributed by atoms with Crippen molar-refractivity contribution in [3.63, 3.8) is 0 Å².